The van der Waals surface area contributed by atoms with Crippen molar-refractivity contribution in [1.82, 2.24) is 0 Å². The molecular formula is C7H7BrO2. The van der Waals surface area contributed by atoms with E-state index in [9.17, 15) is 0 Å². The molecule has 0 spiro atoms. The van der Waals surface area contributed by atoms with E-state index in [1.165, 1.54) is 0 Å². The molecule has 0 bridgehead atoms. The van der Waals surface area contributed by atoms with Crippen LogP contribution in [0.4, 0.5) is 0 Å². The normalized spacial score (nSPS) is 9.80. The Kier molecular flexibility index (Phi) is 1.85. The molecule has 0 aliphatic carbocycles. The van der Waals surface area contributed by atoms with Crippen LogP contribution in [0.3, 0.4) is 0 Å². The number of phenolic OH excluding ortho intramolecular Hbond substituents is 2. The lowest BCUT2D eigenvalue weighted by Crippen LogP contribution is -1.74. The number of benzene rings is 1. The lowest BCUT2D eigenvalue weighted by atomic mass is 10.2. The minimum atomic E-state index is 0.0671. The minimum Gasteiger partial charge on any atom is -0.507 e. The Labute approximate surface area is 67.3 Å². The van der Waals surface area contributed by atoms with Crippen LogP contribution in [0.1, 0.15) is 5.56 Å². The summed E-state index contributed by atoms with van der Waals surface area (Å²) < 4.78 is 0.345. The van der Waals surface area contributed by atoms with Crippen molar-refractivity contribution in [3.63, 3.8) is 0 Å². The van der Waals surface area contributed by atoms with Crippen molar-refractivity contribution in [2.24, 2.45) is 0 Å². The molecule has 1 rings (SSSR count). The second-order valence-corrected chi connectivity index (χ2v) is 2.91. The fourth-order valence-electron chi connectivity index (χ4n) is 0.731. The smallest absolute Gasteiger partial charge is 0.133 e. The standard InChI is InChI=1S/C7H7BrO2/c1-4-2-5(9)7(8)6(10)3-4/h2-3,9-10H,1H3. The molecule has 0 unspecified atom stereocenters. The van der Waals surface area contributed by atoms with E-state index in [-0.39, 0.29) is 11.5 Å². The van der Waals surface area contributed by atoms with Gasteiger partial charge < -0.3 is 10.2 Å². The summed E-state index contributed by atoms with van der Waals surface area (Å²) in [6.07, 6.45) is 0. The zero-order valence-electron chi connectivity index (χ0n) is 5.43. The molecule has 3 heteroatoms. The minimum absolute atomic E-state index is 0.0671. The van der Waals surface area contributed by atoms with Crippen molar-refractivity contribution in [3.8, 4) is 11.5 Å². The third-order valence-electron chi connectivity index (χ3n) is 1.18. The molecular weight excluding hydrogens is 196 g/mol. The van der Waals surface area contributed by atoms with Crippen molar-refractivity contribution >= 4 is 15.9 Å². The molecule has 0 aliphatic rings. The van der Waals surface area contributed by atoms with Crippen LogP contribution in [-0.4, -0.2) is 10.2 Å². The second kappa shape index (κ2) is 2.50. The van der Waals surface area contributed by atoms with Gasteiger partial charge in [0.05, 0.1) is 0 Å². The second-order valence-electron chi connectivity index (χ2n) is 2.12. The van der Waals surface area contributed by atoms with E-state index >= 15 is 0 Å². The Hall–Kier alpha value is -0.700. The summed E-state index contributed by atoms with van der Waals surface area (Å²) in [6, 6.07) is 3.15. The summed E-state index contributed by atoms with van der Waals surface area (Å²) in [6.45, 7) is 1.80. The highest BCUT2D eigenvalue weighted by atomic mass is 79.9. The first-order valence-corrected chi connectivity index (χ1v) is 3.58. The van der Waals surface area contributed by atoms with E-state index in [4.69, 9.17) is 10.2 Å². The maximum absolute atomic E-state index is 9.07. The number of halogens is 1. The zero-order chi connectivity index (χ0) is 7.72. The Bertz CT molecular complexity index is 235. The SMILES string of the molecule is Cc1cc(O)c(Br)c(O)c1. The molecule has 0 radical (unpaired) electrons. The summed E-state index contributed by atoms with van der Waals surface area (Å²) in [7, 11) is 0. The van der Waals surface area contributed by atoms with Gasteiger partial charge in [0, 0.05) is 0 Å². The fraction of sp³-hybridized carbons (Fsp3) is 0.143. The van der Waals surface area contributed by atoms with E-state index in [0.717, 1.165) is 5.56 Å². The number of aryl methyl sites for hydroxylation is 1. The van der Waals surface area contributed by atoms with Crippen LogP contribution >= 0.6 is 15.9 Å². The van der Waals surface area contributed by atoms with Gasteiger partial charge in [-0.15, -0.1) is 0 Å². The molecule has 1 aromatic carbocycles. The lowest BCUT2D eigenvalue weighted by molar-refractivity contribution is 0.444. The third-order valence-corrected chi connectivity index (χ3v) is 1.99. The largest absolute Gasteiger partial charge is 0.507 e. The number of hydrogen-bond acceptors (Lipinski definition) is 2. The van der Waals surface area contributed by atoms with Crippen molar-refractivity contribution in [2.45, 2.75) is 6.92 Å². The maximum Gasteiger partial charge on any atom is 0.133 e. The van der Waals surface area contributed by atoms with Crippen LogP contribution in [0.2, 0.25) is 0 Å². The van der Waals surface area contributed by atoms with Gasteiger partial charge in [0.1, 0.15) is 16.0 Å². The molecule has 0 heterocycles. The molecule has 10 heavy (non-hydrogen) atoms. The van der Waals surface area contributed by atoms with Crippen molar-refractivity contribution in [3.05, 3.63) is 22.2 Å². The van der Waals surface area contributed by atoms with Crippen LogP contribution in [0.25, 0.3) is 0 Å². The molecule has 2 N–H and O–H groups in total. The Balaban J connectivity index is 3.31. The highest BCUT2D eigenvalue weighted by Gasteiger charge is 2.02. The Morgan fingerprint density at radius 1 is 1.20 bits per heavy atom. The molecule has 54 valence electrons. The van der Waals surface area contributed by atoms with Gasteiger partial charge in [-0.3, -0.25) is 0 Å². The van der Waals surface area contributed by atoms with Gasteiger partial charge in [0.15, 0.2) is 0 Å². The molecule has 2 nitrogen and oxygen atoms in total. The van der Waals surface area contributed by atoms with Gasteiger partial charge in [0.25, 0.3) is 0 Å². The van der Waals surface area contributed by atoms with Crippen LogP contribution in [-0.2, 0) is 0 Å². The number of hydrogen-bond donors (Lipinski definition) is 2. The number of phenols is 2. The Morgan fingerprint density at radius 2 is 1.60 bits per heavy atom. The van der Waals surface area contributed by atoms with Crippen molar-refractivity contribution in [2.75, 3.05) is 0 Å². The van der Waals surface area contributed by atoms with Crippen molar-refractivity contribution < 1.29 is 10.2 Å². The lowest BCUT2D eigenvalue weighted by Gasteiger charge is -2.00. The van der Waals surface area contributed by atoms with Crippen LogP contribution in [0.5, 0.6) is 11.5 Å². The molecule has 0 aromatic heterocycles. The zero-order valence-corrected chi connectivity index (χ0v) is 7.01. The van der Waals surface area contributed by atoms with E-state index in [2.05, 4.69) is 15.9 Å². The van der Waals surface area contributed by atoms with Gasteiger partial charge in [-0.25, -0.2) is 0 Å². The van der Waals surface area contributed by atoms with Gasteiger partial charge in [-0.05, 0) is 40.5 Å². The van der Waals surface area contributed by atoms with Gasteiger partial charge in [0.2, 0.25) is 0 Å². The average Bonchev–Trinajstić information content (AvgIpc) is 1.82. The van der Waals surface area contributed by atoms with Crippen molar-refractivity contribution in [1.29, 1.82) is 0 Å². The van der Waals surface area contributed by atoms with Gasteiger partial charge >= 0.3 is 0 Å². The number of rotatable bonds is 0. The molecule has 0 atom stereocenters. The first kappa shape index (κ1) is 7.41. The number of aromatic hydroxyl groups is 2. The maximum atomic E-state index is 9.07. The average molecular weight is 203 g/mol. The molecule has 0 saturated carbocycles. The molecule has 0 saturated heterocycles. The van der Waals surface area contributed by atoms with E-state index in [1.54, 1.807) is 19.1 Å². The molecule has 0 fully saturated rings. The first-order valence-electron chi connectivity index (χ1n) is 2.79. The van der Waals surface area contributed by atoms with Gasteiger partial charge in [-0.2, -0.15) is 0 Å². The molecule has 1 aromatic rings. The topological polar surface area (TPSA) is 40.5 Å². The fourth-order valence-corrected chi connectivity index (χ4v) is 0.960. The highest BCUT2D eigenvalue weighted by molar-refractivity contribution is 9.10. The van der Waals surface area contributed by atoms with Crippen LogP contribution in [0.15, 0.2) is 16.6 Å². The molecule has 0 aliphatic heterocycles. The monoisotopic (exact) mass is 202 g/mol. The summed E-state index contributed by atoms with van der Waals surface area (Å²) >= 11 is 3.01. The predicted molar refractivity (Wildman–Crippen MR) is 42.2 cm³/mol. The molecule has 0 amide bonds. The van der Waals surface area contributed by atoms with E-state index in [1.807, 2.05) is 0 Å². The quantitative estimate of drug-likeness (QED) is 0.678. The summed E-state index contributed by atoms with van der Waals surface area (Å²) in [5.74, 6) is 0.134. The van der Waals surface area contributed by atoms with Crippen LogP contribution < -0.4 is 0 Å². The third kappa shape index (κ3) is 1.24. The summed E-state index contributed by atoms with van der Waals surface area (Å²) in [5, 5.41) is 18.1. The van der Waals surface area contributed by atoms with Crippen LogP contribution in [0, 0.1) is 6.92 Å². The van der Waals surface area contributed by atoms with E-state index < -0.39 is 0 Å². The first-order chi connectivity index (χ1) is 4.61. The summed E-state index contributed by atoms with van der Waals surface area (Å²) in [5.41, 5.74) is 0.832. The highest BCUT2D eigenvalue weighted by Crippen LogP contribution is 2.33. The Morgan fingerprint density at radius 3 is 2.00 bits per heavy atom. The van der Waals surface area contributed by atoms with E-state index in [0.29, 0.717) is 4.47 Å². The van der Waals surface area contributed by atoms with Gasteiger partial charge in [-0.1, -0.05) is 0 Å². The predicted octanol–water partition coefficient (Wildman–Crippen LogP) is 2.17. The summed E-state index contributed by atoms with van der Waals surface area (Å²) in [4.78, 5) is 0.